The fourth-order valence-electron chi connectivity index (χ4n) is 6.09. The summed E-state index contributed by atoms with van der Waals surface area (Å²) in [6.07, 6.45) is 0.450. The summed E-state index contributed by atoms with van der Waals surface area (Å²) in [5.41, 5.74) is -1.63. The van der Waals surface area contributed by atoms with Gasteiger partial charge in [-0.3, -0.25) is 0 Å². The van der Waals surface area contributed by atoms with Crippen LogP contribution in [0.1, 0.15) is 41.1 Å². The van der Waals surface area contributed by atoms with E-state index in [0.29, 0.717) is 4.31 Å². The fraction of sp³-hybridized carbons (Fsp3) is 0.219. The maximum Gasteiger partial charge on any atom is 0.511 e. The number of fused-ring (bicyclic) bond motifs is 1. The smallest absolute Gasteiger partial charge is 0.245 e. The number of sulfonamides is 1. The highest BCUT2D eigenvalue weighted by atomic mass is 79.9. The molecular weight excluding hydrogens is 627 g/mol. The zero-order valence-corrected chi connectivity index (χ0v) is 24.8. The quantitative estimate of drug-likeness (QED) is 0.177. The number of rotatable bonds is 6. The normalized spacial score (nSPS) is 15.7. The SMILES string of the molecule is O=S(=O)(N1CCC(c2nn(C(c3ccccc3)(c3ccccc3)c3ccccc3)c3ccc(Br)cc23)CC1)C(F)(F)F. The maximum absolute atomic E-state index is 13.3. The van der Waals surface area contributed by atoms with Gasteiger partial charge < -0.3 is 0 Å². The van der Waals surface area contributed by atoms with Gasteiger partial charge in [0.1, 0.15) is 5.54 Å². The highest BCUT2D eigenvalue weighted by Gasteiger charge is 2.51. The molecule has 0 amide bonds. The molecule has 0 radical (unpaired) electrons. The van der Waals surface area contributed by atoms with Gasteiger partial charge in [-0.2, -0.15) is 22.6 Å². The number of hydrogen-bond donors (Lipinski definition) is 0. The summed E-state index contributed by atoms with van der Waals surface area (Å²) in [5.74, 6) is -0.234. The summed E-state index contributed by atoms with van der Waals surface area (Å²) in [6, 6.07) is 36.3. The van der Waals surface area contributed by atoms with Gasteiger partial charge in [0.05, 0.1) is 11.2 Å². The van der Waals surface area contributed by atoms with Crippen LogP contribution in [0.4, 0.5) is 13.2 Å². The Hall–Kier alpha value is -3.47. The lowest BCUT2D eigenvalue weighted by molar-refractivity contribution is -0.0494. The van der Waals surface area contributed by atoms with Crippen molar-refractivity contribution in [3.8, 4) is 0 Å². The molecule has 4 aromatic carbocycles. The van der Waals surface area contributed by atoms with Gasteiger partial charge in [-0.05, 0) is 47.7 Å². The second-order valence-electron chi connectivity index (χ2n) is 10.4. The molecule has 216 valence electrons. The summed E-state index contributed by atoms with van der Waals surface area (Å²) in [5, 5.41) is 6.17. The molecule has 0 N–H and O–H groups in total. The van der Waals surface area contributed by atoms with Gasteiger partial charge in [-0.15, -0.1) is 0 Å². The number of alkyl halides is 3. The van der Waals surface area contributed by atoms with Gasteiger partial charge in [0.2, 0.25) is 0 Å². The Kier molecular flexibility index (Phi) is 7.49. The van der Waals surface area contributed by atoms with Crippen LogP contribution in [0.5, 0.6) is 0 Å². The van der Waals surface area contributed by atoms with Crippen molar-refractivity contribution in [2.45, 2.75) is 29.8 Å². The van der Waals surface area contributed by atoms with Crippen LogP contribution in [0.25, 0.3) is 10.9 Å². The van der Waals surface area contributed by atoms with Crippen molar-refractivity contribution >= 4 is 36.9 Å². The first-order chi connectivity index (χ1) is 20.1. The largest absolute Gasteiger partial charge is 0.511 e. The number of benzene rings is 4. The van der Waals surface area contributed by atoms with Crippen LogP contribution in [-0.4, -0.2) is 41.1 Å². The van der Waals surface area contributed by atoms with Crippen LogP contribution in [0.3, 0.4) is 0 Å². The molecule has 5 nitrogen and oxygen atoms in total. The predicted octanol–water partition coefficient (Wildman–Crippen LogP) is 7.67. The minimum Gasteiger partial charge on any atom is -0.245 e. The highest BCUT2D eigenvalue weighted by molar-refractivity contribution is 9.10. The Morgan fingerprint density at radius 1 is 0.738 bits per heavy atom. The molecular formula is C32H27BrF3N3O2S. The van der Waals surface area contributed by atoms with Gasteiger partial charge in [-0.25, -0.2) is 13.1 Å². The third-order valence-electron chi connectivity index (χ3n) is 8.04. The van der Waals surface area contributed by atoms with E-state index < -0.39 is 21.1 Å². The van der Waals surface area contributed by atoms with Crippen molar-refractivity contribution in [1.82, 2.24) is 14.1 Å². The summed E-state index contributed by atoms with van der Waals surface area (Å²) in [6.45, 7) is -0.452. The van der Waals surface area contributed by atoms with E-state index in [2.05, 4.69) is 52.3 Å². The van der Waals surface area contributed by atoms with Gasteiger partial charge >= 0.3 is 15.5 Å². The molecule has 0 saturated carbocycles. The highest BCUT2D eigenvalue weighted by Crippen LogP contribution is 2.45. The Morgan fingerprint density at radius 3 is 1.67 bits per heavy atom. The molecule has 6 rings (SSSR count). The van der Waals surface area contributed by atoms with Crippen molar-refractivity contribution in [2.75, 3.05) is 13.1 Å². The molecule has 1 aromatic heterocycles. The van der Waals surface area contributed by atoms with Gasteiger partial charge in [0, 0.05) is 28.9 Å². The van der Waals surface area contributed by atoms with Gasteiger partial charge in [0.25, 0.3) is 0 Å². The molecule has 42 heavy (non-hydrogen) atoms. The molecule has 1 aliphatic heterocycles. The zero-order valence-electron chi connectivity index (χ0n) is 22.4. The number of nitrogens with zero attached hydrogens (tertiary/aromatic N) is 3. The van der Waals surface area contributed by atoms with E-state index in [-0.39, 0.29) is 31.8 Å². The fourth-order valence-corrected chi connectivity index (χ4v) is 7.44. The lowest BCUT2D eigenvalue weighted by Gasteiger charge is -2.37. The van der Waals surface area contributed by atoms with Crippen molar-refractivity contribution in [3.63, 3.8) is 0 Å². The molecule has 0 spiro atoms. The van der Waals surface area contributed by atoms with Crippen LogP contribution >= 0.6 is 15.9 Å². The van der Waals surface area contributed by atoms with Gasteiger partial charge in [0.15, 0.2) is 0 Å². The van der Waals surface area contributed by atoms with E-state index in [9.17, 15) is 21.6 Å². The zero-order chi connectivity index (χ0) is 29.5. The maximum atomic E-state index is 13.3. The standard InChI is InChI=1S/C32H27BrF3N3O2S/c33-27-16-17-29-28(22-27)30(23-18-20-38(21-19-23)42(40,41)32(34,35)36)37-39(29)31(24-10-4-1-5-11-24,25-12-6-2-7-13-25)26-14-8-3-9-15-26/h1-17,22-23H,18-21H2. The molecule has 0 bridgehead atoms. The topological polar surface area (TPSA) is 55.2 Å². The molecule has 0 aliphatic carbocycles. The minimum atomic E-state index is -5.38. The second-order valence-corrected chi connectivity index (χ2v) is 13.2. The van der Waals surface area contributed by atoms with Crippen LogP contribution in [0.15, 0.2) is 114 Å². The monoisotopic (exact) mass is 653 g/mol. The Bertz CT molecular complexity index is 1710. The minimum absolute atomic E-state index is 0.225. The van der Waals surface area contributed by atoms with Crippen molar-refractivity contribution in [3.05, 3.63) is 136 Å². The van der Waals surface area contributed by atoms with Crippen LogP contribution in [-0.2, 0) is 15.6 Å². The van der Waals surface area contributed by atoms with E-state index in [1.807, 2.05) is 77.5 Å². The number of hydrogen-bond acceptors (Lipinski definition) is 3. The summed E-state index contributed by atoms with van der Waals surface area (Å²) in [7, 11) is -5.38. The number of piperidine rings is 1. The first-order valence-corrected chi connectivity index (χ1v) is 15.8. The summed E-state index contributed by atoms with van der Waals surface area (Å²) >= 11 is 3.59. The third-order valence-corrected chi connectivity index (χ3v) is 10.2. The Labute approximate surface area is 250 Å². The average Bonchev–Trinajstić information content (AvgIpc) is 3.37. The van der Waals surface area contributed by atoms with Crippen molar-refractivity contribution in [1.29, 1.82) is 0 Å². The molecule has 1 fully saturated rings. The van der Waals surface area contributed by atoms with E-state index in [0.717, 1.165) is 37.8 Å². The van der Waals surface area contributed by atoms with Crippen molar-refractivity contribution in [2.24, 2.45) is 0 Å². The van der Waals surface area contributed by atoms with E-state index >= 15 is 0 Å². The summed E-state index contributed by atoms with van der Waals surface area (Å²) in [4.78, 5) is 0. The molecule has 0 unspecified atom stereocenters. The van der Waals surface area contributed by atoms with E-state index in [1.54, 1.807) is 0 Å². The number of aromatic nitrogens is 2. The first kappa shape index (κ1) is 28.6. The van der Waals surface area contributed by atoms with Crippen LogP contribution < -0.4 is 0 Å². The Balaban J connectivity index is 1.57. The lowest BCUT2D eigenvalue weighted by Crippen LogP contribution is -2.44. The van der Waals surface area contributed by atoms with E-state index in [4.69, 9.17) is 5.10 Å². The number of halogens is 4. The second kappa shape index (κ2) is 11.0. The first-order valence-electron chi connectivity index (χ1n) is 13.6. The molecule has 1 saturated heterocycles. The molecule has 1 aliphatic rings. The average molecular weight is 655 g/mol. The van der Waals surface area contributed by atoms with Crippen molar-refractivity contribution < 1.29 is 21.6 Å². The third kappa shape index (κ3) is 4.75. The predicted molar refractivity (Wildman–Crippen MR) is 161 cm³/mol. The summed E-state index contributed by atoms with van der Waals surface area (Å²) < 4.78 is 67.4. The van der Waals surface area contributed by atoms with Gasteiger partial charge in [-0.1, -0.05) is 107 Å². The van der Waals surface area contributed by atoms with Crippen LogP contribution in [0.2, 0.25) is 0 Å². The molecule has 10 heteroatoms. The molecule has 0 atom stereocenters. The Morgan fingerprint density at radius 2 is 1.21 bits per heavy atom. The molecule has 2 heterocycles. The lowest BCUT2D eigenvalue weighted by atomic mass is 9.77. The molecule has 5 aromatic rings. The van der Waals surface area contributed by atoms with E-state index in [1.165, 1.54) is 0 Å². The van der Waals surface area contributed by atoms with Crippen LogP contribution in [0, 0.1) is 0 Å².